The first kappa shape index (κ1) is 29.3. The Morgan fingerprint density at radius 1 is 0.458 bits per heavy atom. The Bertz CT molecular complexity index is 2380. The quantitative estimate of drug-likeness (QED) is 0.177. The zero-order chi connectivity index (χ0) is 32.8. The van der Waals surface area contributed by atoms with Crippen molar-refractivity contribution in [2.45, 2.75) is 6.18 Å². The highest BCUT2D eigenvalue weighted by molar-refractivity contribution is 6.09. The average Bonchev–Trinajstić information content (AvgIpc) is 3.46. The van der Waals surface area contributed by atoms with Gasteiger partial charge in [-0.3, -0.25) is 0 Å². The van der Waals surface area contributed by atoms with Gasteiger partial charge in [0, 0.05) is 33.2 Å². The van der Waals surface area contributed by atoms with Crippen molar-refractivity contribution in [2.75, 3.05) is 0 Å². The van der Waals surface area contributed by atoms with Crippen LogP contribution in [0, 0.1) is 5.82 Å². The number of hydrogen-bond donors (Lipinski definition) is 0. The van der Waals surface area contributed by atoms with Crippen LogP contribution in [0.2, 0.25) is 0 Å². The molecule has 0 aliphatic heterocycles. The van der Waals surface area contributed by atoms with Crippen molar-refractivity contribution in [3.05, 3.63) is 157 Å². The topological polar surface area (TPSA) is 43.6 Å². The molecule has 48 heavy (non-hydrogen) atoms. The van der Waals surface area contributed by atoms with Crippen LogP contribution >= 0.6 is 0 Å². The first-order valence-electron chi connectivity index (χ1n) is 15.2. The number of para-hydroxylation sites is 1. The molecule has 0 aliphatic rings. The minimum Gasteiger partial charge on any atom is -0.309 e. The predicted octanol–water partition coefficient (Wildman–Crippen LogP) is 10.8. The largest absolute Gasteiger partial charge is 0.416 e. The Labute approximate surface area is 272 Å². The summed E-state index contributed by atoms with van der Waals surface area (Å²) in [5, 5.41) is 1.18. The van der Waals surface area contributed by atoms with Crippen LogP contribution in [-0.2, 0) is 6.18 Å². The summed E-state index contributed by atoms with van der Waals surface area (Å²) in [6, 6.07) is 42.4. The molecule has 0 radical (unpaired) electrons. The Morgan fingerprint density at radius 2 is 1.04 bits per heavy atom. The predicted molar refractivity (Wildman–Crippen MR) is 181 cm³/mol. The molecule has 2 heterocycles. The van der Waals surface area contributed by atoms with E-state index in [4.69, 9.17) is 15.0 Å². The number of nitrogens with zero attached hydrogens (tertiary/aromatic N) is 4. The SMILES string of the molecule is Fc1ccc(-c2ccc(-n3c4ccccc4c4cc(C(F)(F)F)ccc43)cc2-c2nc(-c3ccccc3)nc(-c3ccccc3)n2)cc1. The van der Waals surface area contributed by atoms with E-state index in [0.29, 0.717) is 45.0 Å². The number of halogens is 4. The molecule has 0 spiro atoms. The number of fused-ring (bicyclic) bond motifs is 3. The molecule has 232 valence electrons. The van der Waals surface area contributed by atoms with E-state index in [2.05, 4.69) is 0 Å². The highest BCUT2D eigenvalue weighted by Gasteiger charge is 2.31. The van der Waals surface area contributed by atoms with Crippen LogP contribution in [-0.4, -0.2) is 19.5 Å². The lowest BCUT2D eigenvalue weighted by molar-refractivity contribution is -0.137. The van der Waals surface area contributed by atoms with Crippen LogP contribution in [0.1, 0.15) is 5.56 Å². The molecule has 0 fully saturated rings. The Morgan fingerprint density at radius 3 is 1.69 bits per heavy atom. The van der Waals surface area contributed by atoms with E-state index in [-0.39, 0.29) is 5.82 Å². The van der Waals surface area contributed by atoms with Crippen molar-refractivity contribution < 1.29 is 17.6 Å². The van der Waals surface area contributed by atoms with Gasteiger partial charge in [-0.15, -0.1) is 0 Å². The van der Waals surface area contributed by atoms with Gasteiger partial charge in [0.05, 0.1) is 16.6 Å². The van der Waals surface area contributed by atoms with Crippen molar-refractivity contribution in [3.63, 3.8) is 0 Å². The fourth-order valence-corrected chi connectivity index (χ4v) is 6.09. The van der Waals surface area contributed by atoms with E-state index >= 15 is 0 Å². The molecule has 0 saturated heterocycles. The molecule has 0 N–H and O–H groups in total. The lowest BCUT2D eigenvalue weighted by Gasteiger charge is -2.15. The molecular formula is C40H24F4N4. The van der Waals surface area contributed by atoms with E-state index in [1.54, 1.807) is 12.1 Å². The van der Waals surface area contributed by atoms with Crippen molar-refractivity contribution in [3.8, 4) is 51.0 Å². The molecule has 8 heteroatoms. The lowest BCUT2D eigenvalue weighted by atomic mass is 9.98. The number of alkyl halides is 3. The third-order valence-electron chi connectivity index (χ3n) is 8.36. The average molecular weight is 637 g/mol. The van der Waals surface area contributed by atoms with Crippen LogP contribution < -0.4 is 0 Å². The van der Waals surface area contributed by atoms with Crippen molar-refractivity contribution in [2.24, 2.45) is 0 Å². The second kappa shape index (κ2) is 11.6. The summed E-state index contributed by atoms with van der Waals surface area (Å²) in [7, 11) is 0. The third kappa shape index (κ3) is 5.27. The fraction of sp³-hybridized carbons (Fsp3) is 0.0250. The van der Waals surface area contributed by atoms with Crippen molar-refractivity contribution >= 4 is 21.8 Å². The zero-order valence-corrected chi connectivity index (χ0v) is 25.2. The van der Waals surface area contributed by atoms with E-state index in [9.17, 15) is 17.6 Å². The Hall–Kier alpha value is -6.15. The molecule has 0 bridgehead atoms. The molecule has 4 nitrogen and oxygen atoms in total. The van der Waals surface area contributed by atoms with Gasteiger partial charge in [-0.25, -0.2) is 19.3 Å². The van der Waals surface area contributed by atoms with Crippen LogP contribution in [0.3, 0.4) is 0 Å². The minimum absolute atomic E-state index is 0.363. The van der Waals surface area contributed by atoms with E-state index < -0.39 is 11.7 Å². The number of benzene rings is 6. The smallest absolute Gasteiger partial charge is 0.309 e. The van der Waals surface area contributed by atoms with Crippen LogP contribution in [0.25, 0.3) is 72.8 Å². The Balaban J connectivity index is 1.41. The van der Waals surface area contributed by atoms with E-state index in [1.807, 2.05) is 108 Å². The standard InChI is InChI=1S/C40H24F4N4/c41-29-18-15-25(16-19-29)31-21-20-30(48-35-14-8-7-13-32(35)33-23-28(40(42,43)44)17-22-36(33)48)24-34(31)39-46-37(26-9-3-1-4-10-26)45-38(47-39)27-11-5-2-6-12-27/h1-24H. The molecular weight excluding hydrogens is 612 g/mol. The Kier molecular flexibility index (Phi) is 7.06. The maximum atomic E-state index is 14.0. The highest BCUT2D eigenvalue weighted by Crippen LogP contribution is 2.39. The summed E-state index contributed by atoms with van der Waals surface area (Å²) >= 11 is 0. The maximum absolute atomic E-state index is 14.0. The van der Waals surface area contributed by atoms with Gasteiger partial charge in [0.15, 0.2) is 17.5 Å². The van der Waals surface area contributed by atoms with Gasteiger partial charge in [0.1, 0.15) is 5.82 Å². The van der Waals surface area contributed by atoms with Crippen LogP contribution in [0.15, 0.2) is 146 Å². The maximum Gasteiger partial charge on any atom is 0.416 e. The molecule has 0 amide bonds. The number of aromatic nitrogens is 4. The van der Waals surface area contributed by atoms with E-state index in [0.717, 1.165) is 33.8 Å². The number of hydrogen-bond acceptors (Lipinski definition) is 3. The summed E-state index contributed by atoms with van der Waals surface area (Å²) in [6.45, 7) is 0. The van der Waals surface area contributed by atoms with Gasteiger partial charge < -0.3 is 4.57 Å². The summed E-state index contributed by atoms with van der Waals surface area (Å²) in [5.74, 6) is 0.986. The highest BCUT2D eigenvalue weighted by atomic mass is 19.4. The first-order valence-corrected chi connectivity index (χ1v) is 15.2. The lowest BCUT2D eigenvalue weighted by Crippen LogP contribution is -2.04. The monoisotopic (exact) mass is 636 g/mol. The third-order valence-corrected chi connectivity index (χ3v) is 8.36. The second-order valence-electron chi connectivity index (χ2n) is 11.4. The molecule has 0 atom stereocenters. The van der Waals surface area contributed by atoms with Gasteiger partial charge in [0.2, 0.25) is 0 Å². The summed E-state index contributed by atoms with van der Waals surface area (Å²) < 4.78 is 57.3. The van der Waals surface area contributed by atoms with E-state index in [1.165, 1.54) is 24.3 Å². The normalized spacial score (nSPS) is 11.8. The van der Waals surface area contributed by atoms with Crippen LogP contribution in [0.4, 0.5) is 17.6 Å². The summed E-state index contributed by atoms with van der Waals surface area (Å²) in [5.41, 5.74) is 5.12. The van der Waals surface area contributed by atoms with Gasteiger partial charge in [-0.2, -0.15) is 13.2 Å². The van der Waals surface area contributed by atoms with Crippen molar-refractivity contribution in [1.29, 1.82) is 0 Å². The van der Waals surface area contributed by atoms with Gasteiger partial charge in [0.25, 0.3) is 0 Å². The van der Waals surface area contributed by atoms with Crippen molar-refractivity contribution in [1.82, 2.24) is 19.5 Å². The first-order chi connectivity index (χ1) is 23.3. The summed E-state index contributed by atoms with van der Waals surface area (Å²) in [4.78, 5) is 14.7. The van der Waals surface area contributed by atoms with Gasteiger partial charge in [-0.05, 0) is 59.7 Å². The molecule has 8 aromatic rings. The fourth-order valence-electron chi connectivity index (χ4n) is 6.09. The molecule has 0 aliphatic carbocycles. The van der Waals surface area contributed by atoms with Gasteiger partial charge >= 0.3 is 6.18 Å². The molecule has 6 aromatic carbocycles. The van der Waals surface area contributed by atoms with Crippen LogP contribution in [0.5, 0.6) is 0 Å². The molecule has 0 unspecified atom stereocenters. The second-order valence-corrected chi connectivity index (χ2v) is 11.4. The van der Waals surface area contributed by atoms with Gasteiger partial charge in [-0.1, -0.05) is 97.1 Å². The number of rotatable bonds is 5. The zero-order valence-electron chi connectivity index (χ0n) is 25.2. The molecule has 2 aromatic heterocycles. The minimum atomic E-state index is -4.48. The summed E-state index contributed by atoms with van der Waals surface area (Å²) in [6.07, 6.45) is -4.48. The molecule has 8 rings (SSSR count). The molecule has 0 saturated carbocycles.